The van der Waals surface area contributed by atoms with Gasteiger partial charge in [-0.1, -0.05) is 18.2 Å². The molecule has 0 saturated carbocycles. The van der Waals surface area contributed by atoms with Crippen LogP contribution in [-0.2, 0) is 14.3 Å². The Labute approximate surface area is 146 Å². The smallest absolute Gasteiger partial charge is 0.355 e. The molecule has 0 bridgehead atoms. The molecule has 2 N–H and O–H groups in total. The highest BCUT2D eigenvalue weighted by Gasteiger charge is 2.19. The average Bonchev–Trinajstić information content (AvgIpc) is 2.60. The highest BCUT2D eigenvalue weighted by molar-refractivity contribution is 8.02. The maximum absolute atomic E-state index is 12.3. The molecule has 2 amide bonds. The summed E-state index contributed by atoms with van der Waals surface area (Å²) < 4.78 is 4.78. The van der Waals surface area contributed by atoms with Crippen LogP contribution in [0.25, 0.3) is 0 Å². The topological polar surface area (TPSA) is 84.5 Å². The maximum Gasteiger partial charge on any atom is 0.355 e. The summed E-state index contributed by atoms with van der Waals surface area (Å²) in [6.45, 7) is 1.95. The van der Waals surface area contributed by atoms with Crippen molar-refractivity contribution in [2.75, 3.05) is 19.9 Å². The second-order valence-electron chi connectivity index (χ2n) is 4.90. The summed E-state index contributed by atoms with van der Waals surface area (Å²) in [6, 6.07) is 8.64. The predicted octanol–water partition coefficient (Wildman–Crippen LogP) is 2.08. The number of esters is 1. The van der Waals surface area contributed by atoms with Crippen LogP contribution in [0.5, 0.6) is 0 Å². The van der Waals surface area contributed by atoms with Gasteiger partial charge in [0.15, 0.2) is 0 Å². The van der Waals surface area contributed by atoms with Crippen molar-refractivity contribution in [2.45, 2.75) is 19.8 Å². The van der Waals surface area contributed by atoms with E-state index in [9.17, 15) is 14.4 Å². The molecule has 130 valence electrons. The standard InChI is InChI=1S/C17H22N2O4S/c1-12(20)18-11-7-10-14(24-3)15(17(22)23-2)19-16(21)13-8-5-4-6-9-13/h4-6,8-9H,7,10-11H2,1-3H3,(H,18,20)(H,19,21). The largest absolute Gasteiger partial charge is 0.464 e. The highest BCUT2D eigenvalue weighted by Crippen LogP contribution is 2.22. The first-order chi connectivity index (χ1) is 11.5. The summed E-state index contributed by atoms with van der Waals surface area (Å²) in [5, 5.41) is 5.34. The second-order valence-corrected chi connectivity index (χ2v) is 5.80. The minimum atomic E-state index is -0.594. The molecule has 0 atom stereocenters. The van der Waals surface area contributed by atoms with E-state index in [-0.39, 0.29) is 17.5 Å². The van der Waals surface area contributed by atoms with Crippen molar-refractivity contribution in [2.24, 2.45) is 0 Å². The molecule has 0 aromatic heterocycles. The molecule has 0 fully saturated rings. The summed E-state index contributed by atoms with van der Waals surface area (Å²) >= 11 is 1.37. The Hall–Kier alpha value is -2.28. The molecule has 0 aliphatic heterocycles. The molecule has 0 saturated heterocycles. The summed E-state index contributed by atoms with van der Waals surface area (Å²) in [7, 11) is 1.27. The van der Waals surface area contributed by atoms with Gasteiger partial charge in [0.25, 0.3) is 5.91 Å². The lowest BCUT2D eigenvalue weighted by atomic mass is 10.2. The van der Waals surface area contributed by atoms with Crippen LogP contribution < -0.4 is 10.6 Å². The Balaban J connectivity index is 2.89. The number of hydrogen-bond donors (Lipinski definition) is 2. The molecule has 1 rings (SSSR count). The number of ether oxygens (including phenoxy) is 1. The number of benzene rings is 1. The Kier molecular flexibility index (Phi) is 8.64. The lowest BCUT2D eigenvalue weighted by molar-refractivity contribution is -0.136. The average molecular weight is 350 g/mol. The van der Waals surface area contributed by atoms with Crippen LogP contribution in [0, 0.1) is 0 Å². The zero-order valence-corrected chi connectivity index (χ0v) is 14.9. The highest BCUT2D eigenvalue weighted by atomic mass is 32.2. The minimum Gasteiger partial charge on any atom is -0.464 e. The maximum atomic E-state index is 12.3. The lowest BCUT2D eigenvalue weighted by Gasteiger charge is -2.13. The zero-order valence-electron chi connectivity index (χ0n) is 14.0. The van der Waals surface area contributed by atoms with Crippen LogP contribution in [0.2, 0.25) is 0 Å². The van der Waals surface area contributed by atoms with Crippen molar-refractivity contribution in [3.63, 3.8) is 0 Å². The van der Waals surface area contributed by atoms with Crippen molar-refractivity contribution in [3.8, 4) is 0 Å². The van der Waals surface area contributed by atoms with Crippen LogP contribution in [0.4, 0.5) is 0 Å². The molecule has 24 heavy (non-hydrogen) atoms. The van der Waals surface area contributed by atoms with Gasteiger partial charge in [0.2, 0.25) is 5.91 Å². The van der Waals surface area contributed by atoms with Crippen molar-refractivity contribution in [1.82, 2.24) is 10.6 Å². The Bertz CT molecular complexity index is 614. The van der Waals surface area contributed by atoms with E-state index in [1.54, 1.807) is 24.3 Å². The molecule has 1 aromatic carbocycles. The van der Waals surface area contributed by atoms with Gasteiger partial charge in [-0.15, -0.1) is 11.8 Å². The van der Waals surface area contributed by atoms with Crippen molar-refractivity contribution < 1.29 is 19.1 Å². The molecule has 1 aromatic rings. The monoisotopic (exact) mass is 350 g/mol. The third kappa shape index (κ3) is 6.45. The molecule has 0 radical (unpaired) electrons. The van der Waals surface area contributed by atoms with Gasteiger partial charge in [-0.25, -0.2) is 4.79 Å². The molecule has 0 spiro atoms. The number of carbonyl (C=O) groups excluding carboxylic acids is 3. The van der Waals surface area contributed by atoms with E-state index < -0.39 is 5.97 Å². The first-order valence-electron chi connectivity index (χ1n) is 7.45. The minimum absolute atomic E-state index is 0.102. The number of nitrogens with one attached hydrogen (secondary N) is 2. The molecule has 0 aliphatic carbocycles. The summed E-state index contributed by atoms with van der Waals surface area (Å²) in [4.78, 5) is 35.9. The van der Waals surface area contributed by atoms with Gasteiger partial charge >= 0.3 is 5.97 Å². The summed E-state index contributed by atoms with van der Waals surface area (Å²) in [5.41, 5.74) is 0.597. The van der Waals surface area contributed by atoms with Gasteiger partial charge in [-0.3, -0.25) is 9.59 Å². The second kappa shape index (κ2) is 10.5. The number of carbonyl (C=O) groups is 3. The number of allylic oxidation sites excluding steroid dienone is 1. The number of methoxy groups -OCH3 is 1. The van der Waals surface area contributed by atoms with Crippen LogP contribution in [0.3, 0.4) is 0 Å². The van der Waals surface area contributed by atoms with E-state index >= 15 is 0 Å². The number of thioether (sulfide) groups is 1. The number of amides is 2. The zero-order chi connectivity index (χ0) is 17.9. The molecular formula is C17H22N2O4S. The molecule has 0 unspecified atom stereocenters. The lowest BCUT2D eigenvalue weighted by Crippen LogP contribution is -2.29. The van der Waals surface area contributed by atoms with Crippen molar-refractivity contribution >= 4 is 29.5 Å². The van der Waals surface area contributed by atoms with E-state index in [0.717, 1.165) is 0 Å². The van der Waals surface area contributed by atoms with E-state index in [2.05, 4.69) is 10.6 Å². The van der Waals surface area contributed by atoms with Crippen molar-refractivity contribution in [3.05, 3.63) is 46.5 Å². The van der Waals surface area contributed by atoms with Gasteiger partial charge in [-0.05, 0) is 31.2 Å². The quantitative estimate of drug-likeness (QED) is 0.426. The van der Waals surface area contributed by atoms with Gasteiger partial charge < -0.3 is 15.4 Å². The normalized spacial score (nSPS) is 11.3. The SMILES string of the molecule is COC(=O)C(NC(=O)c1ccccc1)=C(CCCNC(C)=O)SC. The first-order valence-corrected chi connectivity index (χ1v) is 8.68. The Morgan fingerprint density at radius 2 is 1.83 bits per heavy atom. The van der Waals surface area contributed by atoms with Crippen LogP contribution in [-0.4, -0.2) is 37.7 Å². The fourth-order valence-corrected chi connectivity index (χ4v) is 2.64. The predicted molar refractivity (Wildman–Crippen MR) is 94.4 cm³/mol. The molecule has 0 heterocycles. The Morgan fingerprint density at radius 1 is 1.17 bits per heavy atom. The molecule has 6 nitrogen and oxygen atoms in total. The molecule has 0 aliphatic rings. The van der Waals surface area contributed by atoms with E-state index in [0.29, 0.717) is 29.9 Å². The van der Waals surface area contributed by atoms with Gasteiger partial charge in [-0.2, -0.15) is 0 Å². The fraction of sp³-hybridized carbons (Fsp3) is 0.353. The van der Waals surface area contributed by atoms with Gasteiger partial charge in [0.1, 0.15) is 5.70 Å². The van der Waals surface area contributed by atoms with E-state index in [1.165, 1.54) is 25.8 Å². The number of hydrogen-bond acceptors (Lipinski definition) is 5. The molecule has 7 heteroatoms. The third-order valence-corrected chi connectivity index (χ3v) is 4.04. The molecular weight excluding hydrogens is 328 g/mol. The third-order valence-electron chi connectivity index (χ3n) is 3.14. The number of rotatable bonds is 8. The first kappa shape index (κ1) is 19.8. The van der Waals surface area contributed by atoms with Crippen LogP contribution in [0.15, 0.2) is 40.9 Å². The van der Waals surface area contributed by atoms with Crippen LogP contribution in [0.1, 0.15) is 30.1 Å². The van der Waals surface area contributed by atoms with Gasteiger partial charge in [0.05, 0.1) is 7.11 Å². The Morgan fingerprint density at radius 3 is 2.38 bits per heavy atom. The van der Waals surface area contributed by atoms with Gasteiger partial charge in [0, 0.05) is 23.9 Å². The van der Waals surface area contributed by atoms with E-state index in [4.69, 9.17) is 4.74 Å². The summed E-state index contributed by atoms with van der Waals surface area (Å²) in [5.74, 6) is -1.07. The van der Waals surface area contributed by atoms with Crippen LogP contribution >= 0.6 is 11.8 Å². The fourth-order valence-electron chi connectivity index (χ4n) is 1.95. The van der Waals surface area contributed by atoms with Crippen molar-refractivity contribution in [1.29, 1.82) is 0 Å². The summed E-state index contributed by atoms with van der Waals surface area (Å²) in [6.07, 6.45) is 3.02. The van der Waals surface area contributed by atoms with E-state index in [1.807, 2.05) is 12.3 Å².